The molecule has 0 spiro atoms. The Labute approximate surface area is 130 Å². The first-order chi connectivity index (χ1) is 10.6. The molecule has 1 aliphatic heterocycles. The van der Waals surface area contributed by atoms with E-state index in [4.69, 9.17) is 5.73 Å². The van der Waals surface area contributed by atoms with Crippen LogP contribution in [0.3, 0.4) is 0 Å². The number of nitrogens with zero attached hydrogens (tertiary/aromatic N) is 3. The summed E-state index contributed by atoms with van der Waals surface area (Å²) in [4.78, 5) is 2.32. The molecule has 1 aromatic carbocycles. The van der Waals surface area contributed by atoms with E-state index in [9.17, 15) is 4.39 Å². The molecule has 0 amide bonds. The van der Waals surface area contributed by atoms with Crippen LogP contribution in [0.5, 0.6) is 0 Å². The zero-order chi connectivity index (χ0) is 15.7. The van der Waals surface area contributed by atoms with Crippen molar-refractivity contribution in [3.05, 3.63) is 42.0 Å². The predicted octanol–water partition coefficient (Wildman–Crippen LogP) is 3.06. The first kappa shape index (κ1) is 15.0. The quantitative estimate of drug-likeness (QED) is 0.948. The molecule has 4 nitrogen and oxygen atoms in total. The molecule has 5 heteroatoms. The molecule has 0 bridgehead atoms. The molecule has 0 unspecified atom stereocenters. The standard InChI is InChI=1S/C17H23FN4/c1-12(2)17-16(21-9-7-13(19)8-10-21)11-20-22(17)15-6-4-3-5-14(15)18/h3-6,11-13H,7-10,19H2,1-2H3. The molecule has 2 N–H and O–H groups in total. The van der Waals surface area contributed by atoms with E-state index >= 15 is 0 Å². The van der Waals surface area contributed by atoms with Crippen molar-refractivity contribution < 1.29 is 4.39 Å². The fourth-order valence-electron chi connectivity index (χ4n) is 3.09. The fourth-order valence-corrected chi connectivity index (χ4v) is 3.09. The van der Waals surface area contributed by atoms with Crippen LogP contribution >= 0.6 is 0 Å². The van der Waals surface area contributed by atoms with Gasteiger partial charge < -0.3 is 10.6 Å². The Hall–Kier alpha value is -1.88. The van der Waals surface area contributed by atoms with Crippen LogP contribution in [0.15, 0.2) is 30.5 Å². The monoisotopic (exact) mass is 302 g/mol. The van der Waals surface area contributed by atoms with Crippen LogP contribution in [-0.4, -0.2) is 28.9 Å². The van der Waals surface area contributed by atoms with Gasteiger partial charge in [-0.15, -0.1) is 0 Å². The molecule has 1 aromatic heterocycles. The summed E-state index contributed by atoms with van der Waals surface area (Å²) in [7, 11) is 0. The molecule has 22 heavy (non-hydrogen) atoms. The number of para-hydroxylation sites is 1. The maximum absolute atomic E-state index is 14.1. The molecular weight excluding hydrogens is 279 g/mol. The second-order valence-electron chi connectivity index (χ2n) is 6.26. The van der Waals surface area contributed by atoms with Crippen LogP contribution in [0.2, 0.25) is 0 Å². The van der Waals surface area contributed by atoms with Crippen LogP contribution < -0.4 is 10.6 Å². The summed E-state index contributed by atoms with van der Waals surface area (Å²) < 4.78 is 15.9. The first-order valence-electron chi connectivity index (χ1n) is 7.91. The highest BCUT2D eigenvalue weighted by molar-refractivity contribution is 5.54. The van der Waals surface area contributed by atoms with Crippen LogP contribution in [0, 0.1) is 5.82 Å². The molecule has 0 radical (unpaired) electrons. The Morgan fingerprint density at radius 2 is 1.86 bits per heavy atom. The lowest BCUT2D eigenvalue weighted by Crippen LogP contribution is -2.40. The van der Waals surface area contributed by atoms with Crippen molar-refractivity contribution in [2.24, 2.45) is 5.73 Å². The van der Waals surface area contributed by atoms with Crippen molar-refractivity contribution >= 4 is 5.69 Å². The fraction of sp³-hybridized carbons (Fsp3) is 0.471. The molecule has 2 aromatic rings. The van der Waals surface area contributed by atoms with E-state index in [1.165, 1.54) is 6.07 Å². The average molecular weight is 302 g/mol. The van der Waals surface area contributed by atoms with E-state index in [1.54, 1.807) is 16.8 Å². The maximum Gasteiger partial charge on any atom is 0.148 e. The Bertz CT molecular complexity index is 642. The smallest absolute Gasteiger partial charge is 0.148 e. The van der Waals surface area contributed by atoms with Gasteiger partial charge in [-0.1, -0.05) is 26.0 Å². The topological polar surface area (TPSA) is 47.1 Å². The number of benzene rings is 1. The van der Waals surface area contributed by atoms with E-state index in [-0.39, 0.29) is 11.7 Å². The van der Waals surface area contributed by atoms with E-state index in [0.717, 1.165) is 37.3 Å². The summed E-state index contributed by atoms with van der Waals surface area (Å²) in [6, 6.07) is 7.07. The average Bonchev–Trinajstić information content (AvgIpc) is 2.93. The van der Waals surface area contributed by atoms with Crippen molar-refractivity contribution in [3.63, 3.8) is 0 Å². The molecule has 1 fully saturated rings. The lowest BCUT2D eigenvalue weighted by Gasteiger charge is -2.32. The SMILES string of the molecule is CC(C)c1c(N2CCC(N)CC2)cnn1-c1ccccc1F. The third-order valence-electron chi connectivity index (χ3n) is 4.29. The number of hydrogen-bond donors (Lipinski definition) is 1. The van der Waals surface area contributed by atoms with Crippen molar-refractivity contribution in [2.45, 2.75) is 38.6 Å². The Morgan fingerprint density at radius 3 is 2.50 bits per heavy atom. The van der Waals surface area contributed by atoms with E-state index in [1.807, 2.05) is 12.3 Å². The number of piperidine rings is 1. The van der Waals surface area contributed by atoms with Gasteiger partial charge in [0, 0.05) is 19.1 Å². The summed E-state index contributed by atoms with van der Waals surface area (Å²) in [5.74, 6) is 0.00687. The molecule has 1 aliphatic rings. The molecular formula is C17H23FN4. The Morgan fingerprint density at radius 1 is 1.18 bits per heavy atom. The van der Waals surface area contributed by atoms with Gasteiger partial charge in [0.15, 0.2) is 0 Å². The van der Waals surface area contributed by atoms with Gasteiger partial charge in [-0.2, -0.15) is 5.10 Å². The van der Waals surface area contributed by atoms with Crippen LogP contribution in [0.4, 0.5) is 10.1 Å². The van der Waals surface area contributed by atoms with Crippen molar-refractivity contribution in [1.29, 1.82) is 0 Å². The van der Waals surface area contributed by atoms with Gasteiger partial charge in [0.25, 0.3) is 0 Å². The second kappa shape index (κ2) is 6.08. The molecule has 0 atom stereocenters. The number of rotatable bonds is 3. The van der Waals surface area contributed by atoms with Gasteiger partial charge in [-0.25, -0.2) is 9.07 Å². The molecule has 0 aliphatic carbocycles. The Balaban J connectivity index is 2.01. The molecule has 0 saturated carbocycles. The minimum atomic E-state index is -0.250. The lowest BCUT2D eigenvalue weighted by atomic mass is 10.0. The summed E-state index contributed by atoms with van der Waals surface area (Å²) >= 11 is 0. The highest BCUT2D eigenvalue weighted by Crippen LogP contribution is 2.31. The van der Waals surface area contributed by atoms with Crippen molar-refractivity contribution in [3.8, 4) is 5.69 Å². The summed E-state index contributed by atoms with van der Waals surface area (Å²) in [6.45, 7) is 6.11. The Kier molecular flexibility index (Phi) is 4.16. The van der Waals surface area contributed by atoms with Gasteiger partial charge in [0.1, 0.15) is 11.5 Å². The van der Waals surface area contributed by atoms with Gasteiger partial charge in [-0.05, 0) is 30.9 Å². The van der Waals surface area contributed by atoms with Gasteiger partial charge in [0.2, 0.25) is 0 Å². The van der Waals surface area contributed by atoms with Crippen LogP contribution in [0.25, 0.3) is 5.69 Å². The normalized spacial score (nSPS) is 16.5. The minimum absolute atomic E-state index is 0.250. The van der Waals surface area contributed by atoms with E-state index in [0.29, 0.717) is 11.7 Å². The zero-order valence-electron chi connectivity index (χ0n) is 13.2. The van der Waals surface area contributed by atoms with Crippen molar-refractivity contribution in [1.82, 2.24) is 9.78 Å². The third-order valence-corrected chi connectivity index (χ3v) is 4.29. The van der Waals surface area contributed by atoms with Gasteiger partial charge >= 0.3 is 0 Å². The number of halogens is 1. The van der Waals surface area contributed by atoms with Crippen LogP contribution in [0.1, 0.15) is 38.3 Å². The molecule has 1 saturated heterocycles. The van der Waals surface area contributed by atoms with Crippen molar-refractivity contribution in [2.75, 3.05) is 18.0 Å². The highest BCUT2D eigenvalue weighted by Gasteiger charge is 2.24. The lowest BCUT2D eigenvalue weighted by molar-refractivity contribution is 0.499. The number of hydrogen-bond acceptors (Lipinski definition) is 3. The third kappa shape index (κ3) is 2.73. The highest BCUT2D eigenvalue weighted by atomic mass is 19.1. The van der Waals surface area contributed by atoms with Gasteiger partial charge in [0.05, 0.1) is 17.6 Å². The number of aromatic nitrogens is 2. The maximum atomic E-state index is 14.1. The number of anilines is 1. The number of nitrogens with two attached hydrogens (primary N) is 1. The summed E-state index contributed by atoms with van der Waals surface area (Å²) in [6.07, 6.45) is 3.84. The zero-order valence-corrected chi connectivity index (χ0v) is 13.2. The first-order valence-corrected chi connectivity index (χ1v) is 7.91. The molecule has 118 valence electrons. The van der Waals surface area contributed by atoms with Gasteiger partial charge in [-0.3, -0.25) is 0 Å². The largest absolute Gasteiger partial charge is 0.369 e. The van der Waals surface area contributed by atoms with E-state index < -0.39 is 0 Å². The summed E-state index contributed by atoms with van der Waals surface area (Å²) in [5, 5.41) is 4.47. The van der Waals surface area contributed by atoms with Crippen LogP contribution in [-0.2, 0) is 0 Å². The molecule has 3 rings (SSSR count). The van der Waals surface area contributed by atoms with E-state index in [2.05, 4.69) is 23.8 Å². The minimum Gasteiger partial charge on any atom is -0.369 e. The predicted molar refractivity (Wildman–Crippen MR) is 87.0 cm³/mol. The summed E-state index contributed by atoms with van der Waals surface area (Å²) in [5.41, 5.74) is 8.66. The molecule has 2 heterocycles. The second-order valence-corrected chi connectivity index (χ2v) is 6.26.